The van der Waals surface area contributed by atoms with E-state index >= 15 is 0 Å². The first-order chi connectivity index (χ1) is 9.72. The molecule has 0 aliphatic carbocycles. The van der Waals surface area contributed by atoms with Crippen molar-refractivity contribution in [3.63, 3.8) is 0 Å². The fourth-order valence-electron chi connectivity index (χ4n) is 2.71. The zero-order valence-corrected chi connectivity index (χ0v) is 13.9. The molecule has 0 radical (unpaired) electrons. The number of hydrogen-bond donors (Lipinski definition) is 1. The molecule has 3 nitrogen and oxygen atoms in total. The molecule has 1 heterocycles. The maximum absolute atomic E-state index is 5.70. The van der Waals surface area contributed by atoms with Crippen LogP contribution in [0.5, 0.6) is 5.75 Å². The zero-order chi connectivity index (χ0) is 14.4. The van der Waals surface area contributed by atoms with Crippen LogP contribution in [-0.4, -0.2) is 32.9 Å². The van der Waals surface area contributed by atoms with Crippen LogP contribution < -0.4 is 10.1 Å². The highest BCUT2D eigenvalue weighted by molar-refractivity contribution is 9.10. The molecule has 1 aliphatic heterocycles. The summed E-state index contributed by atoms with van der Waals surface area (Å²) in [5, 5.41) is 3.42. The van der Waals surface area contributed by atoms with E-state index in [0.717, 1.165) is 36.1 Å². The van der Waals surface area contributed by atoms with E-state index < -0.39 is 0 Å². The van der Waals surface area contributed by atoms with Gasteiger partial charge < -0.3 is 14.8 Å². The summed E-state index contributed by atoms with van der Waals surface area (Å²) in [4.78, 5) is 0. The molecule has 1 N–H and O–H groups in total. The van der Waals surface area contributed by atoms with Crippen molar-refractivity contribution in [1.82, 2.24) is 5.32 Å². The monoisotopic (exact) mass is 341 g/mol. The summed E-state index contributed by atoms with van der Waals surface area (Å²) in [6.07, 6.45) is 6.20. The summed E-state index contributed by atoms with van der Waals surface area (Å²) in [5.74, 6) is 0.914. The third kappa shape index (κ3) is 4.47. The molecule has 1 aromatic carbocycles. The van der Waals surface area contributed by atoms with Gasteiger partial charge in [0.25, 0.3) is 0 Å². The Kier molecular flexibility index (Phi) is 6.33. The summed E-state index contributed by atoms with van der Waals surface area (Å²) >= 11 is 3.63. The molecular formula is C16H24BrNO2. The number of nitrogens with one attached hydrogen (secondary N) is 1. The van der Waals surface area contributed by atoms with Gasteiger partial charge in [0.1, 0.15) is 5.75 Å². The predicted octanol–water partition coefficient (Wildman–Crippen LogP) is 3.55. The molecule has 0 spiro atoms. The molecule has 2 unspecified atom stereocenters. The molecule has 0 saturated carbocycles. The van der Waals surface area contributed by atoms with Crippen LogP contribution in [0.1, 0.15) is 31.2 Å². The van der Waals surface area contributed by atoms with Crippen LogP contribution >= 0.6 is 15.9 Å². The smallest absolute Gasteiger partial charge is 0.119 e. The third-order valence-electron chi connectivity index (χ3n) is 3.99. The number of ether oxygens (including phenoxy) is 2. The molecule has 112 valence electrons. The second-order valence-electron chi connectivity index (χ2n) is 5.36. The predicted molar refractivity (Wildman–Crippen MR) is 85.5 cm³/mol. The Hall–Kier alpha value is -0.580. The van der Waals surface area contributed by atoms with Gasteiger partial charge in [0.2, 0.25) is 0 Å². The van der Waals surface area contributed by atoms with Gasteiger partial charge >= 0.3 is 0 Å². The highest BCUT2D eigenvalue weighted by Gasteiger charge is 2.18. The van der Waals surface area contributed by atoms with Crippen LogP contribution in [0.4, 0.5) is 0 Å². The molecule has 1 fully saturated rings. The van der Waals surface area contributed by atoms with Crippen LogP contribution in [0.15, 0.2) is 22.7 Å². The van der Waals surface area contributed by atoms with E-state index in [0.29, 0.717) is 12.1 Å². The minimum Gasteiger partial charge on any atom is -0.497 e. The lowest BCUT2D eigenvalue weighted by Crippen LogP contribution is -2.29. The summed E-state index contributed by atoms with van der Waals surface area (Å²) in [6.45, 7) is 0.941. The standard InChI is InChI=1S/C16H24BrNO2/c1-18-13(5-6-14-4-3-9-20-14)10-12-11-15(19-2)7-8-16(12)17/h7-8,11,13-14,18H,3-6,9-10H2,1-2H3. The van der Waals surface area contributed by atoms with Gasteiger partial charge in [-0.25, -0.2) is 0 Å². The molecule has 1 aliphatic rings. The average Bonchev–Trinajstić information content (AvgIpc) is 2.98. The molecule has 4 heteroatoms. The lowest BCUT2D eigenvalue weighted by molar-refractivity contribution is 0.0998. The van der Waals surface area contributed by atoms with Crippen LogP contribution in [0, 0.1) is 0 Å². The Labute approximate surface area is 130 Å². The lowest BCUT2D eigenvalue weighted by Gasteiger charge is -2.19. The van der Waals surface area contributed by atoms with Gasteiger partial charge in [-0.1, -0.05) is 15.9 Å². The van der Waals surface area contributed by atoms with Gasteiger partial charge in [-0.15, -0.1) is 0 Å². The number of likely N-dealkylation sites (N-methyl/N-ethyl adjacent to an activating group) is 1. The fraction of sp³-hybridized carbons (Fsp3) is 0.625. The Bertz CT molecular complexity index is 419. The van der Waals surface area contributed by atoms with Gasteiger partial charge in [-0.3, -0.25) is 0 Å². The summed E-state index contributed by atoms with van der Waals surface area (Å²) < 4.78 is 12.2. The van der Waals surface area contributed by atoms with Crippen molar-refractivity contribution in [2.75, 3.05) is 20.8 Å². The van der Waals surface area contributed by atoms with Crippen molar-refractivity contribution in [2.45, 2.75) is 44.2 Å². The fourth-order valence-corrected chi connectivity index (χ4v) is 3.12. The first kappa shape index (κ1) is 15.8. The number of hydrogen-bond acceptors (Lipinski definition) is 3. The van der Waals surface area contributed by atoms with E-state index in [1.54, 1.807) is 7.11 Å². The Morgan fingerprint density at radius 2 is 2.35 bits per heavy atom. The third-order valence-corrected chi connectivity index (χ3v) is 4.76. The molecule has 2 atom stereocenters. The highest BCUT2D eigenvalue weighted by Crippen LogP contribution is 2.25. The van der Waals surface area contributed by atoms with Crippen LogP contribution in [0.2, 0.25) is 0 Å². The molecular weight excluding hydrogens is 318 g/mol. The normalized spacial score (nSPS) is 20.1. The second kappa shape index (κ2) is 8.01. The van der Waals surface area contributed by atoms with Gasteiger partial charge in [-0.2, -0.15) is 0 Å². The molecule has 0 aromatic heterocycles. The minimum absolute atomic E-state index is 0.472. The maximum atomic E-state index is 5.70. The van der Waals surface area contributed by atoms with Crippen LogP contribution in [0.25, 0.3) is 0 Å². The number of benzene rings is 1. The van der Waals surface area contributed by atoms with Crippen molar-refractivity contribution < 1.29 is 9.47 Å². The Morgan fingerprint density at radius 3 is 3.00 bits per heavy atom. The Morgan fingerprint density at radius 1 is 1.50 bits per heavy atom. The molecule has 1 saturated heterocycles. The molecule has 1 aromatic rings. The highest BCUT2D eigenvalue weighted by atomic mass is 79.9. The van der Waals surface area contributed by atoms with Crippen molar-refractivity contribution in [3.8, 4) is 5.75 Å². The van der Waals surface area contributed by atoms with Gasteiger partial charge in [-0.05, 0) is 62.9 Å². The summed E-state index contributed by atoms with van der Waals surface area (Å²) in [6, 6.07) is 6.62. The average molecular weight is 342 g/mol. The first-order valence-corrected chi connectivity index (χ1v) is 8.13. The van der Waals surface area contributed by atoms with Crippen molar-refractivity contribution in [1.29, 1.82) is 0 Å². The van der Waals surface area contributed by atoms with E-state index in [1.165, 1.54) is 18.4 Å². The van der Waals surface area contributed by atoms with Crippen molar-refractivity contribution in [2.24, 2.45) is 0 Å². The summed E-state index contributed by atoms with van der Waals surface area (Å²) in [7, 11) is 3.74. The molecule has 20 heavy (non-hydrogen) atoms. The largest absolute Gasteiger partial charge is 0.497 e. The van der Waals surface area contributed by atoms with Crippen molar-refractivity contribution >= 4 is 15.9 Å². The molecule has 2 rings (SSSR count). The van der Waals surface area contributed by atoms with Crippen LogP contribution in [-0.2, 0) is 11.2 Å². The van der Waals surface area contributed by atoms with E-state index in [9.17, 15) is 0 Å². The topological polar surface area (TPSA) is 30.5 Å². The summed E-state index contributed by atoms with van der Waals surface area (Å²) in [5.41, 5.74) is 1.29. The minimum atomic E-state index is 0.472. The van der Waals surface area contributed by atoms with E-state index in [4.69, 9.17) is 9.47 Å². The first-order valence-electron chi connectivity index (χ1n) is 7.34. The van der Waals surface area contributed by atoms with E-state index in [1.807, 2.05) is 13.1 Å². The number of halogens is 1. The van der Waals surface area contributed by atoms with Crippen LogP contribution in [0.3, 0.4) is 0 Å². The van der Waals surface area contributed by atoms with Gasteiger partial charge in [0.15, 0.2) is 0 Å². The quantitative estimate of drug-likeness (QED) is 0.822. The van der Waals surface area contributed by atoms with Crippen molar-refractivity contribution in [3.05, 3.63) is 28.2 Å². The molecule has 0 bridgehead atoms. The number of rotatable bonds is 7. The lowest BCUT2D eigenvalue weighted by atomic mass is 9.99. The molecule has 0 amide bonds. The second-order valence-corrected chi connectivity index (χ2v) is 6.21. The van der Waals surface area contributed by atoms with E-state index in [-0.39, 0.29) is 0 Å². The van der Waals surface area contributed by atoms with E-state index in [2.05, 4.69) is 33.4 Å². The SMILES string of the molecule is CNC(CCC1CCCO1)Cc1cc(OC)ccc1Br. The number of methoxy groups -OCH3 is 1. The maximum Gasteiger partial charge on any atom is 0.119 e. The van der Waals surface area contributed by atoms with Gasteiger partial charge in [0.05, 0.1) is 13.2 Å². The van der Waals surface area contributed by atoms with Gasteiger partial charge in [0, 0.05) is 17.1 Å². The zero-order valence-electron chi connectivity index (χ0n) is 12.3. The Balaban J connectivity index is 1.91.